The molecule has 2 aromatic heterocycles. The van der Waals surface area contributed by atoms with Gasteiger partial charge in [0, 0.05) is 17.0 Å². The summed E-state index contributed by atoms with van der Waals surface area (Å²) in [5.41, 5.74) is 1.93. The van der Waals surface area contributed by atoms with Crippen molar-refractivity contribution in [2.24, 2.45) is 5.41 Å². The third-order valence-electron chi connectivity index (χ3n) is 3.83. The highest BCUT2D eigenvalue weighted by molar-refractivity contribution is 6.31. The zero-order valence-corrected chi connectivity index (χ0v) is 13.9. The van der Waals surface area contributed by atoms with E-state index in [0.29, 0.717) is 27.1 Å². The van der Waals surface area contributed by atoms with E-state index in [0.717, 1.165) is 18.6 Å². The van der Waals surface area contributed by atoms with Gasteiger partial charge in [-0.2, -0.15) is 0 Å². The van der Waals surface area contributed by atoms with Gasteiger partial charge >= 0.3 is 5.69 Å². The monoisotopic (exact) mass is 334 g/mol. The molecule has 1 saturated heterocycles. The largest absolute Gasteiger partial charge is 0.381 e. The van der Waals surface area contributed by atoms with E-state index < -0.39 is 0 Å². The zero-order valence-electron chi connectivity index (χ0n) is 13.1. The predicted octanol–water partition coefficient (Wildman–Crippen LogP) is 3.28. The molecule has 0 unspecified atom stereocenters. The molecule has 0 saturated carbocycles. The molecule has 23 heavy (non-hydrogen) atoms. The molecule has 1 aromatic carbocycles. The number of rotatable bonds is 0. The van der Waals surface area contributed by atoms with Crippen molar-refractivity contribution in [2.45, 2.75) is 26.7 Å². The lowest BCUT2D eigenvalue weighted by molar-refractivity contribution is 0.0127. The summed E-state index contributed by atoms with van der Waals surface area (Å²) in [4.78, 5) is 16.3. The summed E-state index contributed by atoms with van der Waals surface area (Å²) < 4.78 is 5.28. The summed E-state index contributed by atoms with van der Waals surface area (Å²) in [6.45, 7) is 6.44. The molecule has 2 N–H and O–H groups in total. The standard InChI is InChI=1S/C9H5ClN4O.C7H14O/c10-4-1-2-6-5(3-4)7-8(14-13-6)12-9(15)11-7;1-7(2)4-3-5-8-6-7/h1-3H,(H2,11,12,14,15);3-6H2,1-2H3. The van der Waals surface area contributed by atoms with Crippen molar-refractivity contribution in [2.75, 3.05) is 13.2 Å². The highest BCUT2D eigenvalue weighted by Crippen LogP contribution is 2.26. The first-order valence-corrected chi connectivity index (χ1v) is 7.94. The number of halogens is 1. The van der Waals surface area contributed by atoms with Crippen LogP contribution in [0.3, 0.4) is 0 Å². The Hall–Kier alpha value is -1.92. The van der Waals surface area contributed by atoms with E-state index in [2.05, 4.69) is 34.0 Å². The van der Waals surface area contributed by atoms with E-state index in [9.17, 15) is 4.79 Å². The molecule has 3 aromatic rings. The van der Waals surface area contributed by atoms with Gasteiger partial charge in [-0.3, -0.25) is 4.98 Å². The minimum atomic E-state index is -0.299. The van der Waals surface area contributed by atoms with Crippen LogP contribution in [0.1, 0.15) is 26.7 Å². The van der Waals surface area contributed by atoms with E-state index in [1.54, 1.807) is 18.2 Å². The van der Waals surface area contributed by atoms with Crippen molar-refractivity contribution >= 4 is 33.7 Å². The number of nitrogens with one attached hydrogen (secondary N) is 2. The lowest BCUT2D eigenvalue weighted by Crippen LogP contribution is -2.24. The number of nitrogens with zero attached hydrogens (tertiary/aromatic N) is 2. The summed E-state index contributed by atoms with van der Waals surface area (Å²) in [5, 5.41) is 9.22. The summed E-state index contributed by atoms with van der Waals surface area (Å²) in [5.74, 6) is 0. The quantitative estimate of drug-likeness (QED) is 0.661. The minimum Gasteiger partial charge on any atom is -0.381 e. The molecule has 1 fully saturated rings. The van der Waals surface area contributed by atoms with Crippen LogP contribution in [0.2, 0.25) is 5.02 Å². The molecular formula is C16H19ClN4O2. The Morgan fingerprint density at radius 2 is 2.09 bits per heavy atom. The van der Waals surface area contributed by atoms with Gasteiger partial charge < -0.3 is 9.72 Å². The maximum Gasteiger partial charge on any atom is 0.325 e. The molecule has 0 atom stereocenters. The van der Waals surface area contributed by atoms with Crippen molar-refractivity contribution in [3.8, 4) is 0 Å². The Morgan fingerprint density at radius 3 is 2.74 bits per heavy atom. The second-order valence-electron chi connectivity index (χ2n) is 6.48. The van der Waals surface area contributed by atoms with E-state index in [-0.39, 0.29) is 5.69 Å². The van der Waals surface area contributed by atoms with Gasteiger partial charge in [0.15, 0.2) is 5.65 Å². The lowest BCUT2D eigenvalue weighted by atomic mass is 9.87. The van der Waals surface area contributed by atoms with Crippen LogP contribution >= 0.6 is 11.6 Å². The predicted molar refractivity (Wildman–Crippen MR) is 90.9 cm³/mol. The van der Waals surface area contributed by atoms with Gasteiger partial charge in [-0.15, -0.1) is 10.2 Å². The minimum absolute atomic E-state index is 0.299. The highest BCUT2D eigenvalue weighted by Gasteiger charge is 2.20. The second-order valence-corrected chi connectivity index (χ2v) is 6.92. The van der Waals surface area contributed by atoms with Gasteiger partial charge in [-0.05, 0) is 36.5 Å². The van der Waals surface area contributed by atoms with E-state index in [4.69, 9.17) is 16.3 Å². The van der Waals surface area contributed by atoms with Crippen molar-refractivity contribution in [3.63, 3.8) is 0 Å². The van der Waals surface area contributed by atoms with Gasteiger partial charge in [0.2, 0.25) is 0 Å². The fourth-order valence-electron chi connectivity index (χ4n) is 2.62. The van der Waals surface area contributed by atoms with Crippen LogP contribution in [0.4, 0.5) is 0 Å². The number of aromatic amines is 2. The smallest absolute Gasteiger partial charge is 0.325 e. The molecule has 0 amide bonds. The molecule has 4 rings (SSSR count). The first-order chi connectivity index (χ1) is 10.9. The van der Waals surface area contributed by atoms with E-state index in [1.165, 1.54) is 12.8 Å². The highest BCUT2D eigenvalue weighted by atomic mass is 35.5. The van der Waals surface area contributed by atoms with Crippen LogP contribution in [0.15, 0.2) is 23.0 Å². The summed E-state index contributed by atoms with van der Waals surface area (Å²) in [7, 11) is 0. The number of H-pyrrole nitrogens is 2. The maximum atomic E-state index is 11.1. The molecule has 122 valence electrons. The fraction of sp³-hybridized carbons (Fsp3) is 0.438. The Bertz CT molecular complexity index is 877. The average molecular weight is 335 g/mol. The molecule has 1 aliphatic rings. The molecule has 0 bridgehead atoms. The zero-order chi connectivity index (χ0) is 16.4. The van der Waals surface area contributed by atoms with E-state index in [1.807, 2.05) is 0 Å². The van der Waals surface area contributed by atoms with Crippen molar-refractivity contribution in [1.29, 1.82) is 0 Å². The normalized spacial score (nSPS) is 17.0. The first kappa shape index (κ1) is 16.0. The lowest BCUT2D eigenvalue weighted by Gasteiger charge is -2.28. The average Bonchev–Trinajstić information content (AvgIpc) is 2.88. The molecule has 6 nitrogen and oxygen atoms in total. The van der Waals surface area contributed by atoms with Crippen molar-refractivity contribution < 1.29 is 4.74 Å². The number of hydrogen-bond acceptors (Lipinski definition) is 4. The van der Waals surface area contributed by atoms with Crippen molar-refractivity contribution in [1.82, 2.24) is 20.2 Å². The van der Waals surface area contributed by atoms with Gasteiger partial charge in [0.05, 0.1) is 17.6 Å². The number of fused-ring (bicyclic) bond motifs is 3. The fourth-order valence-corrected chi connectivity index (χ4v) is 2.79. The SMILES string of the molecule is CC1(C)CCCOC1.O=c1[nH]c2nnc3ccc(Cl)cc3c2[nH]1. The number of ether oxygens (including phenoxy) is 1. The van der Waals surface area contributed by atoms with Crippen LogP contribution in [0.5, 0.6) is 0 Å². The Labute approximate surface area is 138 Å². The summed E-state index contributed by atoms with van der Waals surface area (Å²) >= 11 is 5.88. The Kier molecular flexibility index (Phi) is 4.37. The van der Waals surface area contributed by atoms with Crippen LogP contribution in [-0.4, -0.2) is 33.4 Å². The van der Waals surface area contributed by atoms with Crippen LogP contribution < -0.4 is 5.69 Å². The maximum absolute atomic E-state index is 11.1. The number of imidazole rings is 1. The van der Waals surface area contributed by atoms with Crippen LogP contribution in [0.25, 0.3) is 22.1 Å². The van der Waals surface area contributed by atoms with Gasteiger partial charge in [-0.25, -0.2) is 4.79 Å². The summed E-state index contributed by atoms with van der Waals surface area (Å²) in [6, 6.07) is 5.24. The van der Waals surface area contributed by atoms with Crippen LogP contribution in [-0.2, 0) is 4.74 Å². The topological polar surface area (TPSA) is 83.7 Å². The van der Waals surface area contributed by atoms with Crippen molar-refractivity contribution in [3.05, 3.63) is 33.7 Å². The first-order valence-electron chi connectivity index (χ1n) is 7.56. The molecule has 1 aliphatic heterocycles. The Balaban J connectivity index is 0.000000166. The third-order valence-corrected chi connectivity index (χ3v) is 4.06. The number of benzene rings is 1. The van der Waals surface area contributed by atoms with Crippen LogP contribution in [0, 0.1) is 5.41 Å². The Morgan fingerprint density at radius 1 is 1.26 bits per heavy atom. The molecule has 7 heteroatoms. The number of hydrogen-bond donors (Lipinski definition) is 2. The summed E-state index contributed by atoms with van der Waals surface area (Å²) in [6.07, 6.45) is 2.57. The van der Waals surface area contributed by atoms with E-state index >= 15 is 0 Å². The molecule has 0 aliphatic carbocycles. The van der Waals surface area contributed by atoms with Gasteiger partial charge in [-0.1, -0.05) is 25.4 Å². The molecule has 3 heterocycles. The molecule has 0 spiro atoms. The molecule has 0 radical (unpaired) electrons. The third kappa shape index (κ3) is 3.71. The molecular weight excluding hydrogens is 316 g/mol. The second kappa shape index (κ2) is 6.29. The van der Waals surface area contributed by atoms with Gasteiger partial charge in [0.25, 0.3) is 0 Å². The number of aromatic nitrogens is 4. The van der Waals surface area contributed by atoms with Gasteiger partial charge in [0.1, 0.15) is 0 Å².